The Morgan fingerprint density at radius 2 is 1.50 bits per heavy atom. The molecule has 0 amide bonds. The summed E-state index contributed by atoms with van der Waals surface area (Å²) in [5.41, 5.74) is 0. The van der Waals surface area contributed by atoms with E-state index in [1.165, 1.54) is 32.1 Å². The van der Waals surface area contributed by atoms with Gasteiger partial charge in [-0.1, -0.05) is 18.2 Å². The minimum Gasteiger partial charge on any atom is -0.378 e. The van der Waals surface area contributed by atoms with Crippen molar-refractivity contribution < 1.29 is 13.2 Å². The Kier molecular flexibility index (Phi) is 4.70. The molecule has 0 aliphatic heterocycles. The highest BCUT2D eigenvalue weighted by atomic mass is 32.2. The van der Waals surface area contributed by atoms with E-state index in [1.807, 2.05) is 6.07 Å². The molecule has 4 fully saturated rings. The summed E-state index contributed by atoms with van der Waals surface area (Å²) in [6.45, 7) is 0.720. The van der Waals surface area contributed by atoms with Crippen LogP contribution in [0.3, 0.4) is 0 Å². The molecule has 3 nitrogen and oxygen atoms in total. The van der Waals surface area contributed by atoms with Crippen molar-refractivity contribution in [3.63, 3.8) is 0 Å². The largest absolute Gasteiger partial charge is 0.378 e. The molecular formula is C20H28O3S. The highest BCUT2D eigenvalue weighted by Gasteiger charge is 2.48. The molecule has 0 aromatic heterocycles. The van der Waals surface area contributed by atoms with E-state index in [-0.39, 0.29) is 5.75 Å². The Bertz CT molecular complexity index is 625. The van der Waals surface area contributed by atoms with Gasteiger partial charge in [-0.15, -0.1) is 0 Å². The average molecular weight is 349 g/mol. The van der Waals surface area contributed by atoms with E-state index >= 15 is 0 Å². The molecular weight excluding hydrogens is 320 g/mol. The third kappa shape index (κ3) is 3.41. The zero-order valence-corrected chi connectivity index (χ0v) is 15.1. The number of ether oxygens (including phenoxy) is 1. The first-order valence-electron chi connectivity index (χ1n) is 9.51. The standard InChI is InChI=1S/C20H28O3S/c21-24(22,19-6-2-1-3-7-19)9-5-4-8-23-20-17-11-15-10-16(13-17)14-18(20)12-15/h1-3,6-7,15-18,20H,4-5,8-14H2. The Labute approximate surface area is 145 Å². The Balaban J connectivity index is 1.21. The van der Waals surface area contributed by atoms with Crippen LogP contribution in [0.2, 0.25) is 0 Å². The van der Waals surface area contributed by atoms with Gasteiger partial charge in [0.2, 0.25) is 0 Å². The molecule has 1 aromatic rings. The van der Waals surface area contributed by atoms with Gasteiger partial charge in [0.1, 0.15) is 0 Å². The summed E-state index contributed by atoms with van der Waals surface area (Å²) in [4.78, 5) is 0.437. The molecule has 0 radical (unpaired) electrons. The minimum atomic E-state index is -3.14. The highest BCUT2D eigenvalue weighted by molar-refractivity contribution is 7.91. The first-order valence-corrected chi connectivity index (χ1v) is 11.2. The summed E-state index contributed by atoms with van der Waals surface area (Å²) in [6, 6.07) is 8.77. The molecule has 0 unspecified atom stereocenters. The maximum Gasteiger partial charge on any atom is 0.178 e. The Morgan fingerprint density at radius 1 is 0.875 bits per heavy atom. The second-order valence-electron chi connectivity index (χ2n) is 8.11. The van der Waals surface area contributed by atoms with E-state index in [0.717, 1.165) is 36.7 Å². The van der Waals surface area contributed by atoms with Gasteiger partial charge in [0.15, 0.2) is 9.84 Å². The lowest BCUT2D eigenvalue weighted by Crippen LogP contribution is -2.49. The lowest BCUT2D eigenvalue weighted by Gasteiger charge is -2.54. The molecule has 4 bridgehead atoms. The van der Waals surface area contributed by atoms with Gasteiger partial charge >= 0.3 is 0 Å². The van der Waals surface area contributed by atoms with Crippen LogP contribution in [0.5, 0.6) is 0 Å². The van der Waals surface area contributed by atoms with Gasteiger partial charge in [0.25, 0.3) is 0 Å². The molecule has 1 aromatic carbocycles. The maximum absolute atomic E-state index is 12.3. The molecule has 0 atom stereocenters. The minimum absolute atomic E-state index is 0.224. The number of hydrogen-bond donors (Lipinski definition) is 0. The number of sulfone groups is 1. The fourth-order valence-electron chi connectivity index (χ4n) is 5.51. The van der Waals surface area contributed by atoms with Gasteiger partial charge in [0.05, 0.1) is 16.8 Å². The number of unbranched alkanes of at least 4 members (excludes halogenated alkanes) is 1. The van der Waals surface area contributed by atoms with Crippen LogP contribution in [0.25, 0.3) is 0 Å². The highest BCUT2D eigenvalue weighted by Crippen LogP contribution is 2.54. The van der Waals surface area contributed by atoms with Gasteiger partial charge in [-0.3, -0.25) is 0 Å². The number of benzene rings is 1. The number of rotatable bonds is 7. The van der Waals surface area contributed by atoms with Crippen LogP contribution in [0.15, 0.2) is 35.2 Å². The van der Waals surface area contributed by atoms with Crippen LogP contribution in [0.1, 0.15) is 44.9 Å². The van der Waals surface area contributed by atoms with Crippen molar-refractivity contribution in [3.8, 4) is 0 Å². The second kappa shape index (κ2) is 6.80. The van der Waals surface area contributed by atoms with Crippen molar-refractivity contribution in [2.75, 3.05) is 12.4 Å². The Morgan fingerprint density at radius 3 is 2.12 bits per heavy atom. The average Bonchev–Trinajstić information content (AvgIpc) is 2.57. The van der Waals surface area contributed by atoms with Crippen LogP contribution < -0.4 is 0 Å². The van der Waals surface area contributed by atoms with Gasteiger partial charge in [-0.05, 0) is 80.8 Å². The predicted molar refractivity (Wildman–Crippen MR) is 94.5 cm³/mol. The van der Waals surface area contributed by atoms with Crippen LogP contribution in [0, 0.1) is 23.7 Å². The molecule has 132 valence electrons. The van der Waals surface area contributed by atoms with Crippen LogP contribution in [-0.4, -0.2) is 26.9 Å². The smallest absolute Gasteiger partial charge is 0.178 e. The number of hydrogen-bond acceptors (Lipinski definition) is 3. The lowest BCUT2D eigenvalue weighted by atomic mass is 9.55. The van der Waals surface area contributed by atoms with E-state index in [1.54, 1.807) is 24.3 Å². The molecule has 4 saturated carbocycles. The molecule has 5 rings (SSSR count). The van der Waals surface area contributed by atoms with Gasteiger partial charge in [-0.2, -0.15) is 0 Å². The lowest BCUT2D eigenvalue weighted by molar-refractivity contribution is -0.126. The van der Waals surface area contributed by atoms with Crippen molar-refractivity contribution in [2.45, 2.75) is 55.9 Å². The van der Waals surface area contributed by atoms with Crippen molar-refractivity contribution in [1.82, 2.24) is 0 Å². The van der Waals surface area contributed by atoms with Crippen molar-refractivity contribution >= 4 is 9.84 Å². The van der Waals surface area contributed by atoms with Crippen molar-refractivity contribution in [3.05, 3.63) is 30.3 Å². The quantitative estimate of drug-likeness (QED) is 0.697. The SMILES string of the molecule is O=S(=O)(CCCCOC1C2CC3CC(C2)CC1C3)c1ccccc1. The van der Waals surface area contributed by atoms with Crippen molar-refractivity contribution in [2.24, 2.45) is 23.7 Å². The summed E-state index contributed by atoms with van der Waals surface area (Å²) in [7, 11) is -3.14. The third-order valence-electron chi connectivity index (χ3n) is 6.36. The monoisotopic (exact) mass is 348 g/mol. The summed E-state index contributed by atoms with van der Waals surface area (Å²) in [6.07, 6.45) is 8.96. The van der Waals surface area contributed by atoms with Gasteiger partial charge < -0.3 is 4.74 Å². The van der Waals surface area contributed by atoms with E-state index in [4.69, 9.17) is 4.74 Å². The molecule has 4 aliphatic rings. The van der Waals surface area contributed by atoms with Gasteiger partial charge in [0, 0.05) is 6.61 Å². The molecule has 0 N–H and O–H groups in total. The fraction of sp³-hybridized carbons (Fsp3) is 0.700. The van der Waals surface area contributed by atoms with Crippen LogP contribution in [0.4, 0.5) is 0 Å². The zero-order chi connectivity index (χ0) is 16.6. The van der Waals surface area contributed by atoms with E-state index in [9.17, 15) is 8.42 Å². The Hall–Kier alpha value is -0.870. The molecule has 4 heteroatoms. The molecule has 4 aliphatic carbocycles. The molecule has 0 spiro atoms. The second-order valence-corrected chi connectivity index (χ2v) is 10.2. The van der Waals surface area contributed by atoms with E-state index in [0.29, 0.717) is 17.4 Å². The zero-order valence-electron chi connectivity index (χ0n) is 14.3. The van der Waals surface area contributed by atoms with E-state index in [2.05, 4.69) is 0 Å². The summed E-state index contributed by atoms with van der Waals surface area (Å²) < 4.78 is 30.8. The first-order chi connectivity index (χ1) is 11.6. The van der Waals surface area contributed by atoms with E-state index < -0.39 is 9.84 Å². The topological polar surface area (TPSA) is 43.4 Å². The summed E-state index contributed by atoms with van der Waals surface area (Å²) >= 11 is 0. The van der Waals surface area contributed by atoms with Crippen molar-refractivity contribution in [1.29, 1.82) is 0 Å². The fourth-order valence-corrected chi connectivity index (χ4v) is 6.90. The third-order valence-corrected chi connectivity index (χ3v) is 8.18. The molecule has 24 heavy (non-hydrogen) atoms. The normalized spacial score (nSPS) is 34.6. The first kappa shape index (κ1) is 16.6. The maximum atomic E-state index is 12.3. The predicted octanol–water partition coefficient (Wildman–Crippen LogP) is 4.08. The summed E-state index contributed by atoms with van der Waals surface area (Å²) in [5.74, 6) is 3.75. The molecule has 0 heterocycles. The van der Waals surface area contributed by atoms with Gasteiger partial charge in [-0.25, -0.2) is 8.42 Å². The summed E-state index contributed by atoms with van der Waals surface area (Å²) in [5, 5.41) is 0. The molecule has 0 saturated heterocycles. The van der Waals surface area contributed by atoms with Crippen LogP contribution in [-0.2, 0) is 14.6 Å². The van der Waals surface area contributed by atoms with Crippen LogP contribution >= 0.6 is 0 Å².